The van der Waals surface area contributed by atoms with E-state index >= 15 is 0 Å². The zero-order valence-electron chi connectivity index (χ0n) is 14.7. The second kappa shape index (κ2) is 17.5. The first kappa shape index (κ1) is 22.2. The molecular weight excluding hydrogens is 320 g/mol. The fourth-order valence-corrected chi connectivity index (χ4v) is 3.67. The van der Waals surface area contributed by atoms with Crippen LogP contribution in [0.15, 0.2) is 0 Å². The molecule has 1 unspecified atom stereocenters. The third-order valence-electron chi connectivity index (χ3n) is 2.71. The fraction of sp³-hybridized carbons (Fsp3) is 1.00. The van der Waals surface area contributed by atoms with E-state index in [1.54, 1.807) is 0 Å². The zero-order chi connectivity index (χ0) is 16.5. The van der Waals surface area contributed by atoms with Gasteiger partial charge in [-0.1, -0.05) is 0 Å². The Morgan fingerprint density at radius 2 is 1.59 bits per heavy atom. The molecule has 1 fully saturated rings. The van der Waals surface area contributed by atoms with Gasteiger partial charge < -0.3 is 27.2 Å². The van der Waals surface area contributed by atoms with Crippen LogP contribution in [0.1, 0.15) is 34.1 Å². The van der Waals surface area contributed by atoms with E-state index in [1.165, 1.54) is 0 Å². The smallest absolute Gasteiger partial charge is 0.321 e. The maximum absolute atomic E-state index is 5.56. The summed E-state index contributed by atoms with van der Waals surface area (Å²) in [6.45, 7) is 13.5. The summed E-state index contributed by atoms with van der Waals surface area (Å²) in [6.07, 6.45) is 1.40. The molecule has 1 saturated heterocycles. The Morgan fingerprint density at radius 1 is 1.00 bits per heavy atom. The number of ether oxygens (including phenoxy) is 2. The zero-order valence-corrected chi connectivity index (χ0v) is 17.2. The minimum Gasteiger partial charge on any atom is -0.399 e. The van der Waals surface area contributed by atoms with Crippen LogP contribution in [0.2, 0.25) is 6.04 Å². The Hall–Kier alpha value is 0.194. The Bertz CT molecular complexity index is 210. The van der Waals surface area contributed by atoms with Crippen LogP contribution < -0.4 is 0 Å². The molecule has 1 aliphatic heterocycles. The second-order valence-corrected chi connectivity index (χ2v) is 7.77. The van der Waals surface area contributed by atoms with Crippen molar-refractivity contribution in [3.8, 4) is 0 Å². The summed E-state index contributed by atoms with van der Waals surface area (Å²) in [6, 6.07) is 1.03. The van der Waals surface area contributed by atoms with Gasteiger partial charge in [0.05, 0.1) is 13.2 Å². The Balaban J connectivity index is 0.000000534. The lowest BCUT2D eigenvalue weighted by Gasteiger charge is -2.14. The first-order valence-electron chi connectivity index (χ1n) is 8.36. The molecule has 22 heavy (non-hydrogen) atoms. The highest BCUT2D eigenvalue weighted by atomic mass is 28.3. The maximum atomic E-state index is 5.56. The average molecular weight is 355 g/mol. The highest BCUT2D eigenvalue weighted by molar-refractivity contribution is 6.44. The molecule has 0 bridgehead atoms. The highest BCUT2D eigenvalue weighted by Crippen LogP contribution is 2.09. The van der Waals surface area contributed by atoms with Crippen LogP contribution in [0.4, 0.5) is 0 Å². The molecule has 0 saturated carbocycles. The van der Waals surface area contributed by atoms with Gasteiger partial charge in [-0.05, 0) is 40.2 Å². The van der Waals surface area contributed by atoms with Gasteiger partial charge in [0.2, 0.25) is 0 Å². The van der Waals surface area contributed by atoms with Crippen molar-refractivity contribution in [1.82, 2.24) is 0 Å². The summed E-state index contributed by atoms with van der Waals surface area (Å²) in [5.74, 6) is 0. The van der Waals surface area contributed by atoms with Gasteiger partial charge in [-0.25, -0.2) is 0 Å². The van der Waals surface area contributed by atoms with E-state index in [0.29, 0.717) is 6.10 Å². The van der Waals surface area contributed by atoms with Gasteiger partial charge in [-0.15, -0.1) is 0 Å². The van der Waals surface area contributed by atoms with Crippen LogP contribution in [0, 0.1) is 0 Å². The van der Waals surface area contributed by atoms with Crippen molar-refractivity contribution in [2.45, 2.75) is 46.3 Å². The van der Waals surface area contributed by atoms with Crippen LogP contribution in [0.5, 0.6) is 0 Å². The third-order valence-corrected chi connectivity index (χ3v) is 6.15. The summed E-state index contributed by atoms with van der Waals surface area (Å²) < 4.78 is 31.6. The van der Waals surface area contributed by atoms with Gasteiger partial charge >= 0.3 is 19.3 Å². The van der Waals surface area contributed by atoms with Gasteiger partial charge in [-0.2, -0.15) is 0 Å². The standard InChI is InChI=1S/C10H22O4Si.C4H12O2Si/c1-3-13-15(14-4-2)7-5-6-11-8-10-9-12-10;1-3-5-7-6-4-2/h10,15H,3-9H2,1-2H3;3-4,7H2,1-2H3. The van der Waals surface area contributed by atoms with E-state index in [1.807, 2.05) is 27.7 Å². The van der Waals surface area contributed by atoms with E-state index in [0.717, 1.165) is 58.7 Å². The van der Waals surface area contributed by atoms with Crippen LogP contribution in [-0.2, 0) is 27.2 Å². The Kier molecular flexibility index (Phi) is 17.7. The summed E-state index contributed by atoms with van der Waals surface area (Å²) >= 11 is 0. The molecule has 0 spiro atoms. The molecule has 1 atom stereocenters. The highest BCUT2D eigenvalue weighted by Gasteiger charge is 2.22. The minimum absolute atomic E-state index is 0.372. The lowest BCUT2D eigenvalue weighted by Crippen LogP contribution is -2.23. The molecule has 1 rings (SSSR count). The number of hydrogen-bond donors (Lipinski definition) is 0. The Labute approximate surface area is 139 Å². The molecule has 0 aliphatic carbocycles. The van der Waals surface area contributed by atoms with Gasteiger partial charge in [-0.3, -0.25) is 0 Å². The average Bonchev–Trinajstić information content (AvgIpc) is 3.33. The monoisotopic (exact) mass is 354 g/mol. The van der Waals surface area contributed by atoms with Crippen LogP contribution in [0.25, 0.3) is 0 Å². The van der Waals surface area contributed by atoms with Crippen molar-refractivity contribution in [3.05, 3.63) is 0 Å². The molecule has 0 N–H and O–H groups in total. The molecule has 8 heteroatoms. The summed E-state index contributed by atoms with van der Waals surface area (Å²) in [7, 11) is -1.99. The molecule has 0 radical (unpaired) electrons. The molecule has 1 heterocycles. The van der Waals surface area contributed by atoms with Crippen LogP contribution >= 0.6 is 0 Å². The van der Waals surface area contributed by atoms with E-state index in [2.05, 4.69) is 0 Å². The minimum atomic E-state index is -1.40. The molecule has 1 aliphatic rings. The van der Waals surface area contributed by atoms with E-state index < -0.39 is 19.3 Å². The van der Waals surface area contributed by atoms with Crippen molar-refractivity contribution in [2.24, 2.45) is 0 Å². The van der Waals surface area contributed by atoms with Crippen molar-refractivity contribution >= 4 is 19.3 Å². The second-order valence-electron chi connectivity index (χ2n) is 4.62. The Morgan fingerprint density at radius 3 is 2.05 bits per heavy atom. The SMILES string of the molecule is CCO[SiH2]OCC.CCO[SiH](CCCOCC1CO1)OCC. The van der Waals surface area contributed by atoms with Crippen molar-refractivity contribution in [2.75, 3.05) is 46.2 Å². The van der Waals surface area contributed by atoms with E-state index in [9.17, 15) is 0 Å². The van der Waals surface area contributed by atoms with Crippen LogP contribution in [0.3, 0.4) is 0 Å². The third kappa shape index (κ3) is 16.6. The van der Waals surface area contributed by atoms with Crippen molar-refractivity contribution in [1.29, 1.82) is 0 Å². The number of hydrogen-bond acceptors (Lipinski definition) is 6. The predicted octanol–water partition coefficient (Wildman–Crippen LogP) is 1.14. The van der Waals surface area contributed by atoms with Crippen molar-refractivity contribution < 1.29 is 27.2 Å². The van der Waals surface area contributed by atoms with Gasteiger partial charge in [0.1, 0.15) is 6.10 Å². The first-order chi connectivity index (χ1) is 10.8. The first-order valence-corrected chi connectivity index (χ1v) is 11.3. The summed E-state index contributed by atoms with van der Waals surface area (Å²) in [4.78, 5) is 0. The largest absolute Gasteiger partial charge is 0.399 e. The molecular formula is C14H34O6Si2. The van der Waals surface area contributed by atoms with E-state index in [-0.39, 0.29) is 0 Å². The summed E-state index contributed by atoms with van der Waals surface area (Å²) in [5, 5.41) is 0. The van der Waals surface area contributed by atoms with Crippen molar-refractivity contribution in [3.63, 3.8) is 0 Å². The maximum Gasteiger partial charge on any atom is 0.321 e. The van der Waals surface area contributed by atoms with Crippen LogP contribution in [-0.4, -0.2) is 71.6 Å². The molecule has 0 aromatic rings. The quantitative estimate of drug-likeness (QED) is 0.265. The fourth-order valence-electron chi connectivity index (χ4n) is 1.54. The number of epoxide rings is 1. The lowest BCUT2D eigenvalue weighted by atomic mass is 10.5. The normalized spacial score (nSPS) is 16.5. The molecule has 0 aromatic heterocycles. The summed E-state index contributed by atoms with van der Waals surface area (Å²) in [5.41, 5.74) is 0. The van der Waals surface area contributed by atoms with Gasteiger partial charge in [0, 0.05) is 33.0 Å². The van der Waals surface area contributed by atoms with E-state index in [4.69, 9.17) is 27.2 Å². The molecule has 0 aromatic carbocycles. The predicted molar refractivity (Wildman–Crippen MR) is 92.2 cm³/mol. The lowest BCUT2D eigenvalue weighted by molar-refractivity contribution is 0.114. The topological polar surface area (TPSA) is 58.7 Å². The number of rotatable bonds is 14. The molecule has 0 amide bonds. The van der Waals surface area contributed by atoms with Gasteiger partial charge in [0.25, 0.3) is 0 Å². The molecule has 134 valence electrons. The molecule has 6 nitrogen and oxygen atoms in total. The van der Waals surface area contributed by atoms with Gasteiger partial charge in [0.15, 0.2) is 0 Å².